The minimum Gasteiger partial charge on any atom is -0.417 e. The van der Waals surface area contributed by atoms with Gasteiger partial charge in [-0.25, -0.2) is 4.98 Å². The average molecular weight is 453 g/mol. The predicted octanol–water partition coefficient (Wildman–Crippen LogP) is 2.84. The minimum atomic E-state index is -2.91. The highest BCUT2D eigenvalue weighted by Crippen LogP contribution is 2.34. The van der Waals surface area contributed by atoms with Crippen LogP contribution in [-0.4, -0.2) is 50.6 Å². The van der Waals surface area contributed by atoms with Crippen LogP contribution >= 0.6 is 0 Å². The predicted molar refractivity (Wildman–Crippen MR) is 116 cm³/mol. The third kappa shape index (κ3) is 4.14. The standard InChI is InChI=1S/C22H21F2N7O2/c23-22(24)33-19-4-2-13(8-27-19)16-10-26-6-5-18(16)31-11-14(9-28-31)12-1-3-17-15(7-12)20(21(25)32)30-29-17/h1-4,7-9,11,16,18,22,26H,5-6,10H2,(H2,25,32)(H,29,30). The Hall–Kier alpha value is -3.86. The molecular weight excluding hydrogens is 432 g/mol. The largest absolute Gasteiger partial charge is 0.417 e. The number of nitrogens with one attached hydrogen (secondary N) is 2. The lowest BCUT2D eigenvalue weighted by molar-refractivity contribution is -0.0528. The number of primary amides is 1. The van der Waals surface area contributed by atoms with Gasteiger partial charge in [0.1, 0.15) is 0 Å². The smallest absolute Gasteiger partial charge is 0.388 e. The number of fused-ring (bicyclic) bond motifs is 1. The highest BCUT2D eigenvalue weighted by molar-refractivity contribution is 6.04. The molecule has 4 aromatic rings. The van der Waals surface area contributed by atoms with Gasteiger partial charge >= 0.3 is 6.61 Å². The van der Waals surface area contributed by atoms with Crippen molar-refractivity contribution in [2.24, 2.45) is 5.73 Å². The van der Waals surface area contributed by atoms with Gasteiger partial charge in [0.05, 0.1) is 17.8 Å². The lowest BCUT2D eigenvalue weighted by atomic mass is 9.88. The number of benzene rings is 1. The van der Waals surface area contributed by atoms with Crippen molar-refractivity contribution in [3.05, 3.63) is 60.2 Å². The molecule has 33 heavy (non-hydrogen) atoms. The van der Waals surface area contributed by atoms with Crippen LogP contribution in [0, 0.1) is 0 Å². The summed E-state index contributed by atoms with van der Waals surface area (Å²) in [4.78, 5) is 15.7. The Morgan fingerprint density at radius 2 is 2.09 bits per heavy atom. The minimum absolute atomic E-state index is 0.0532. The second-order valence-electron chi connectivity index (χ2n) is 7.88. The molecule has 0 aliphatic carbocycles. The monoisotopic (exact) mass is 453 g/mol. The Bertz CT molecular complexity index is 1290. The molecule has 0 radical (unpaired) electrons. The summed E-state index contributed by atoms with van der Waals surface area (Å²) in [5, 5.41) is 15.4. The summed E-state index contributed by atoms with van der Waals surface area (Å²) in [6.45, 7) is -1.37. The zero-order chi connectivity index (χ0) is 22.9. The molecule has 4 heterocycles. The normalized spacial score (nSPS) is 18.6. The van der Waals surface area contributed by atoms with E-state index >= 15 is 0 Å². The maximum atomic E-state index is 12.4. The summed E-state index contributed by atoms with van der Waals surface area (Å²) in [7, 11) is 0. The number of amides is 1. The van der Waals surface area contributed by atoms with E-state index in [0.717, 1.165) is 35.2 Å². The number of H-pyrrole nitrogens is 1. The number of halogens is 2. The van der Waals surface area contributed by atoms with Crippen LogP contribution < -0.4 is 15.8 Å². The van der Waals surface area contributed by atoms with Gasteiger partial charge in [-0.2, -0.15) is 19.0 Å². The van der Waals surface area contributed by atoms with Crippen LogP contribution in [0.2, 0.25) is 0 Å². The molecule has 1 amide bonds. The van der Waals surface area contributed by atoms with Crippen molar-refractivity contribution < 1.29 is 18.3 Å². The maximum Gasteiger partial charge on any atom is 0.388 e. The highest BCUT2D eigenvalue weighted by atomic mass is 19.3. The summed E-state index contributed by atoms with van der Waals surface area (Å²) in [6.07, 6.45) is 6.16. The van der Waals surface area contributed by atoms with Crippen LogP contribution in [0.3, 0.4) is 0 Å². The third-order valence-electron chi connectivity index (χ3n) is 5.91. The van der Waals surface area contributed by atoms with Crippen molar-refractivity contribution in [2.75, 3.05) is 13.1 Å². The van der Waals surface area contributed by atoms with Crippen molar-refractivity contribution in [3.8, 4) is 17.0 Å². The fourth-order valence-electron chi connectivity index (χ4n) is 4.32. The van der Waals surface area contributed by atoms with Gasteiger partial charge < -0.3 is 15.8 Å². The molecule has 0 bridgehead atoms. The van der Waals surface area contributed by atoms with Gasteiger partial charge in [0.2, 0.25) is 5.88 Å². The Morgan fingerprint density at radius 1 is 1.21 bits per heavy atom. The number of rotatable bonds is 6. The van der Waals surface area contributed by atoms with E-state index in [4.69, 9.17) is 5.73 Å². The summed E-state index contributed by atoms with van der Waals surface area (Å²) < 4.78 is 31.1. The van der Waals surface area contributed by atoms with Crippen molar-refractivity contribution in [1.29, 1.82) is 0 Å². The van der Waals surface area contributed by atoms with Gasteiger partial charge in [0.25, 0.3) is 5.91 Å². The number of nitrogens with zero attached hydrogens (tertiary/aromatic N) is 4. The lowest BCUT2D eigenvalue weighted by Crippen LogP contribution is -2.36. The van der Waals surface area contributed by atoms with Crippen molar-refractivity contribution in [3.63, 3.8) is 0 Å². The Balaban J connectivity index is 1.42. The van der Waals surface area contributed by atoms with Gasteiger partial charge in [-0.05, 0) is 36.2 Å². The molecule has 2 atom stereocenters. The molecule has 1 aromatic carbocycles. The summed E-state index contributed by atoms with van der Waals surface area (Å²) in [5.74, 6) is -0.650. The number of aromatic nitrogens is 5. The summed E-state index contributed by atoms with van der Waals surface area (Å²) in [6, 6.07) is 8.92. The molecule has 1 saturated heterocycles. The Kier molecular flexibility index (Phi) is 5.47. The molecule has 0 spiro atoms. The van der Waals surface area contributed by atoms with Gasteiger partial charge in [-0.3, -0.25) is 14.6 Å². The fraction of sp³-hybridized carbons (Fsp3) is 0.273. The molecule has 4 N–H and O–H groups in total. The number of carbonyl (C=O) groups is 1. The van der Waals surface area contributed by atoms with Crippen LogP contribution in [0.5, 0.6) is 5.88 Å². The maximum absolute atomic E-state index is 12.4. The first-order chi connectivity index (χ1) is 16.0. The van der Waals surface area contributed by atoms with E-state index in [2.05, 4.69) is 30.3 Å². The highest BCUT2D eigenvalue weighted by Gasteiger charge is 2.29. The molecule has 3 aromatic heterocycles. The van der Waals surface area contributed by atoms with Crippen LogP contribution in [0.25, 0.3) is 22.0 Å². The van der Waals surface area contributed by atoms with E-state index in [1.54, 1.807) is 18.5 Å². The second kappa shape index (κ2) is 8.58. The molecule has 1 aliphatic rings. The quantitative estimate of drug-likeness (QED) is 0.413. The first-order valence-electron chi connectivity index (χ1n) is 10.4. The topological polar surface area (TPSA) is 124 Å². The number of carbonyl (C=O) groups excluding carboxylic acids is 1. The van der Waals surface area contributed by atoms with E-state index in [0.29, 0.717) is 11.9 Å². The summed E-state index contributed by atoms with van der Waals surface area (Å²) in [5.41, 5.74) is 9.04. The molecule has 2 unspecified atom stereocenters. The van der Waals surface area contributed by atoms with Crippen LogP contribution in [0.15, 0.2) is 48.9 Å². The van der Waals surface area contributed by atoms with E-state index < -0.39 is 12.5 Å². The van der Waals surface area contributed by atoms with Gasteiger partial charge in [-0.1, -0.05) is 12.1 Å². The Morgan fingerprint density at radius 3 is 2.85 bits per heavy atom. The number of hydrogen-bond donors (Lipinski definition) is 3. The SMILES string of the molecule is NC(=O)c1n[nH]c2ccc(-c3cnn(C4CCNCC4c4ccc(OC(F)F)nc4)c3)cc12. The molecular formula is C22H21F2N7O2. The first-order valence-corrected chi connectivity index (χ1v) is 10.4. The Labute approximate surface area is 186 Å². The number of hydrogen-bond acceptors (Lipinski definition) is 6. The van der Waals surface area contributed by atoms with E-state index in [1.807, 2.05) is 29.1 Å². The van der Waals surface area contributed by atoms with E-state index in [1.165, 1.54) is 6.07 Å². The number of aromatic amines is 1. The second-order valence-corrected chi connectivity index (χ2v) is 7.88. The van der Waals surface area contributed by atoms with Gasteiger partial charge in [-0.15, -0.1) is 0 Å². The lowest BCUT2D eigenvalue weighted by Gasteiger charge is -2.32. The van der Waals surface area contributed by atoms with Gasteiger partial charge in [0, 0.05) is 41.9 Å². The molecule has 170 valence electrons. The van der Waals surface area contributed by atoms with Crippen LogP contribution in [0.1, 0.15) is 34.4 Å². The molecule has 9 nitrogen and oxygen atoms in total. The molecule has 11 heteroatoms. The van der Waals surface area contributed by atoms with Gasteiger partial charge in [0.15, 0.2) is 5.69 Å². The molecule has 5 rings (SSSR count). The van der Waals surface area contributed by atoms with Crippen molar-refractivity contribution in [2.45, 2.75) is 25.0 Å². The molecule has 1 fully saturated rings. The number of nitrogens with two attached hydrogens (primary N) is 1. The molecule has 0 saturated carbocycles. The third-order valence-corrected chi connectivity index (χ3v) is 5.91. The van der Waals surface area contributed by atoms with E-state index in [-0.39, 0.29) is 23.5 Å². The first kappa shape index (κ1) is 21.0. The van der Waals surface area contributed by atoms with Crippen LogP contribution in [-0.2, 0) is 0 Å². The average Bonchev–Trinajstić information content (AvgIpc) is 3.46. The summed E-state index contributed by atoms with van der Waals surface area (Å²) >= 11 is 0. The van der Waals surface area contributed by atoms with E-state index in [9.17, 15) is 13.6 Å². The fourth-order valence-corrected chi connectivity index (χ4v) is 4.32. The molecule has 1 aliphatic heterocycles. The van der Waals surface area contributed by atoms with Crippen LogP contribution in [0.4, 0.5) is 8.78 Å². The van der Waals surface area contributed by atoms with Crippen molar-refractivity contribution >= 4 is 16.8 Å². The number of alkyl halides is 2. The zero-order valence-electron chi connectivity index (χ0n) is 17.4. The number of piperidine rings is 1. The number of pyridine rings is 1. The number of ether oxygens (including phenoxy) is 1. The zero-order valence-corrected chi connectivity index (χ0v) is 17.4. The van der Waals surface area contributed by atoms with Crippen molar-refractivity contribution in [1.82, 2.24) is 30.3 Å².